The maximum atomic E-state index is 9.81. The highest BCUT2D eigenvalue weighted by Gasteiger charge is 2.33. The first-order chi connectivity index (χ1) is 8.76. The van der Waals surface area contributed by atoms with Gasteiger partial charge < -0.3 is 14.7 Å². The summed E-state index contributed by atoms with van der Waals surface area (Å²) in [4.78, 5) is 2.61. The smallest absolute Gasteiger partial charge is 0.160 e. The Morgan fingerprint density at radius 2 is 2.11 bits per heavy atom. The molecule has 0 aliphatic carbocycles. The summed E-state index contributed by atoms with van der Waals surface area (Å²) in [5, 5.41) is 9.81. The molecule has 0 radical (unpaired) electrons. The molecular formula is C15H21NO2. The van der Waals surface area contributed by atoms with Gasteiger partial charge in [0.25, 0.3) is 0 Å². The number of aromatic hydroxyl groups is 1. The van der Waals surface area contributed by atoms with Crippen LogP contribution in [0.15, 0.2) is 18.2 Å². The summed E-state index contributed by atoms with van der Waals surface area (Å²) in [6.45, 7) is 2.52. The SMILES string of the molecule is COc1ccc(CC2CC3CCN2CC3)cc1O. The third-order valence-corrected chi connectivity index (χ3v) is 4.49. The van der Waals surface area contributed by atoms with Crippen molar-refractivity contribution in [2.75, 3.05) is 20.2 Å². The summed E-state index contributed by atoms with van der Waals surface area (Å²) in [5.41, 5.74) is 1.21. The molecule has 3 nitrogen and oxygen atoms in total. The molecule has 3 aliphatic rings. The molecule has 1 aromatic carbocycles. The van der Waals surface area contributed by atoms with Crippen LogP contribution in [0.25, 0.3) is 0 Å². The quantitative estimate of drug-likeness (QED) is 0.890. The molecule has 3 aliphatic heterocycles. The molecule has 2 bridgehead atoms. The van der Waals surface area contributed by atoms with Crippen LogP contribution >= 0.6 is 0 Å². The van der Waals surface area contributed by atoms with Crippen LogP contribution in [-0.2, 0) is 6.42 Å². The van der Waals surface area contributed by atoms with Crippen molar-refractivity contribution in [3.63, 3.8) is 0 Å². The van der Waals surface area contributed by atoms with Crippen molar-refractivity contribution >= 4 is 0 Å². The Hall–Kier alpha value is -1.22. The number of rotatable bonds is 3. The van der Waals surface area contributed by atoms with Crippen molar-refractivity contribution in [3.8, 4) is 11.5 Å². The average molecular weight is 247 g/mol. The van der Waals surface area contributed by atoms with E-state index >= 15 is 0 Å². The molecule has 0 aromatic heterocycles. The minimum Gasteiger partial charge on any atom is -0.504 e. The fraction of sp³-hybridized carbons (Fsp3) is 0.600. The topological polar surface area (TPSA) is 32.7 Å². The van der Waals surface area contributed by atoms with Crippen molar-refractivity contribution < 1.29 is 9.84 Å². The van der Waals surface area contributed by atoms with Gasteiger partial charge in [0.2, 0.25) is 0 Å². The molecule has 3 heterocycles. The first kappa shape index (κ1) is 11.8. The second kappa shape index (κ2) is 4.81. The minimum atomic E-state index is 0.256. The fourth-order valence-corrected chi connectivity index (χ4v) is 3.43. The van der Waals surface area contributed by atoms with Crippen LogP contribution < -0.4 is 4.74 Å². The zero-order valence-electron chi connectivity index (χ0n) is 10.9. The van der Waals surface area contributed by atoms with Crippen LogP contribution in [0.5, 0.6) is 11.5 Å². The first-order valence-electron chi connectivity index (χ1n) is 6.86. The van der Waals surface area contributed by atoms with Gasteiger partial charge in [-0.05, 0) is 62.4 Å². The highest BCUT2D eigenvalue weighted by atomic mass is 16.5. The zero-order chi connectivity index (χ0) is 12.5. The van der Waals surface area contributed by atoms with Gasteiger partial charge in [0.05, 0.1) is 7.11 Å². The van der Waals surface area contributed by atoms with E-state index in [1.165, 1.54) is 37.9 Å². The molecule has 1 atom stereocenters. The molecule has 0 amide bonds. The largest absolute Gasteiger partial charge is 0.504 e. The van der Waals surface area contributed by atoms with Gasteiger partial charge in [0, 0.05) is 6.04 Å². The number of hydrogen-bond donors (Lipinski definition) is 1. The molecule has 1 aromatic rings. The zero-order valence-corrected chi connectivity index (χ0v) is 10.9. The Kier molecular flexibility index (Phi) is 3.16. The number of ether oxygens (including phenoxy) is 1. The Labute approximate surface area is 108 Å². The van der Waals surface area contributed by atoms with Gasteiger partial charge in [-0.15, -0.1) is 0 Å². The summed E-state index contributed by atoms with van der Waals surface area (Å²) < 4.78 is 5.08. The molecule has 1 unspecified atom stereocenters. The lowest BCUT2D eigenvalue weighted by Gasteiger charge is -2.45. The van der Waals surface area contributed by atoms with E-state index in [0.29, 0.717) is 11.8 Å². The summed E-state index contributed by atoms with van der Waals surface area (Å²) in [5.74, 6) is 1.75. The number of phenolic OH excluding ortho intramolecular Hbond substituents is 1. The minimum absolute atomic E-state index is 0.256. The third-order valence-electron chi connectivity index (χ3n) is 4.49. The molecular weight excluding hydrogens is 226 g/mol. The van der Waals surface area contributed by atoms with E-state index in [4.69, 9.17) is 4.74 Å². The molecule has 3 heteroatoms. The van der Waals surface area contributed by atoms with Gasteiger partial charge in [-0.25, -0.2) is 0 Å². The van der Waals surface area contributed by atoms with E-state index in [9.17, 15) is 5.11 Å². The van der Waals surface area contributed by atoms with Crippen molar-refractivity contribution in [3.05, 3.63) is 23.8 Å². The predicted octanol–water partition coefficient (Wildman–Crippen LogP) is 2.43. The monoisotopic (exact) mass is 247 g/mol. The highest BCUT2D eigenvalue weighted by Crippen LogP contribution is 2.34. The second-order valence-corrected chi connectivity index (χ2v) is 5.58. The lowest BCUT2D eigenvalue weighted by Crippen LogP contribution is -2.49. The summed E-state index contributed by atoms with van der Waals surface area (Å²) in [7, 11) is 1.58. The maximum Gasteiger partial charge on any atom is 0.160 e. The Morgan fingerprint density at radius 3 is 2.67 bits per heavy atom. The van der Waals surface area contributed by atoms with Gasteiger partial charge in [-0.1, -0.05) is 6.07 Å². The van der Waals surface area contributed by atoms with Crippen LogP contribution in [0.2, 0.25) is 0 Å². The highest BCUT2D eigenvalue weighted by molar-refractivity contribution is 5.41. The molecule has 3 saturated heterocycles. The van der Waals surface area contributed by atoms with E-state index in [1.807, 2.05) is 12.1 Å². The molecule has 0 saturated carbocycles. The van der Waals surface area contributed by atoms with Crippen molar-refractivity contribution in [1.29, 1.82) is 0 Å². The van der Waals surface area contributed by atoms with E-state index in [0.717, 1.165) is 12.3 Å². The van der Waals surface area contributed by atoms with Crippen molar-refractivity contribution in [2.45, 2.75) is 31.7 Å². The molecule has 4 rings (SSSR count). The van der Waals surface area contributed by atoms with Gasteiger partial charge in [-0.3, -0.25) is 0 Å². The van der Waals surface area contributed by atoms with E-state index in [2.05, 4.69) is 11.0 Å². The Bertz CT molecular complexity index is 425. The summed E-state index contributed by atoms with van der Waals surface area (Å²) in [6, 6.07) is 6.45. The van der Waals surface area contributed by atoms with E-state index < -0.39 is 0 Å². The van der Waals surface area contributed by atoms with Crippen molar-refractivity contribution in [1.82, 2.24) is 4.90 Å². The van der Waals surface area contributed by atoms with E-state index in [1.54, 1.807) is 7.11 Å². The molecule has 98 valence electrons. The summed E-state index contributed by atoms with van der Waals surface area (Å²) >= 11 is 0. The standard InChI is InChI=1S/C15H21NO2/c1-18-15-3-2-12(10-14(15)17)9-13-8-11-4-6-16(13)7-5-11/h2-3,10-11,13,17H,4-9H2,1H3. The van der Waals surface area contributed by atoms with Crippen LogP contribution in [-0.4, -0.2) is 36.2 Å². The van der Waals surface area contributed by atoms with Gasteiger partial charge in [0.1, 0.15) is 0 Å². The number of benzene rings is 1. The number of piperidine rings is 3. The molecule has 0 spiro atoms. The first-order valence-corrected chi connectivity index (χ1v) is 6.86. The number of fused-ring (bicyclic) bond motifs is 3. The normalized spacial score (nSPS) is 30.4. The number of nitrogens with zero attached hydrogens (tertiary/aromatic N) is 1. The van der Waals surface area contributed by atoms with Gasteiger partial charge >= 0.3 is 0 Å². The predicted molar refractivity (Wildman–Crippen MR) is 71.1 cm³/mol. The Morgan fingerprint density at radius 1 is 1.33 bits per heavy atom. The van der Waals surface area contributed by atoms with Crippen molar-refractivity contribution in [2.24, 2.45) is 5.92 Å². The Balaban J connectivity index is 1.71. The maximum absolute atomic E-state index is 9.81. The van der Waals surface area contributed by atoms with Crippen LogP contribution in [0.3, 0.4) is 0 Å². The fourth-order valence-electron chi connectivity index (χ4n) is 3.43. The summed E-state index contributed by atoms with van der Waals surface area (Å²) in [6.07, 6.45) is 5.13. The van der Waals surface area contributed by atoms with Crippen LogP contribution in [0.4, 0.5) is 0 Å². The number of hydrogen-bond acceptors (Lipinski definition) is 3. The third kappa shape index (κ3) is 2.19. The lowest BCUT2D eigenvalue weighted by atomic mass is 9.81. The van der Waals surface area contributed by atoms with Gasteiger partial charge in [-0.2, -0.15) is 0 Å². The molecule has 1 N–H and O–H groups in total. The molecule has 3 fully saturated rings. The number of methoxy groups -OCH3 is 1. The van der Waals surface area contributed by atoms with Crippen LogP contribution in [0.1, 0.15) is 24.8 Å². The van der Waals surface area contributed by atoms with Crippen LogP contribution in [0, 0.1) is 5.92 Å². The van der Waals surface area contributed by atoms with E-state index in [-0.39, 0.29) is 5.75 Å². The lowest BCUT2D eigenvalue weighted by molar-refractivity contribution is 0.0498. The van der Waals surface area contributed by atoms with Gasteiger partial charge in [0.15, 0.2) is 11.5 Å². The second-order valence-electron chi connectivity index (χ2n) is 5.58. The number of phenols is 1. The average Bonchev–Trinajstić information content (AvgIpc) is 2.40. The molecule has 18 heavy (non-hydrogen) atoms.